The van der Waals surface area contributed by atoms with E-state index in [2.05, 4.69) is 15.9 Å². The molecule has 0 spiro atoms. The van der Waals surface area contributed by atoms with Crippen LogP contribution < -0.4 is 9.47 Å². The maximum Gasteiger partial charge on any atom is 0.234 e. The lowest BCUT2D eigenvalue weighted by Gasteiger charge is -2.38. The maximum atomic E-state index is 6.07. The fourth-order valence-corrected chi connectivity index (χ4v) is 3.46. The number of rotatable bonds is 0. The van der Waals surface area contributed by atoms with Gasteiger partial charge in [-0.1, -0.05) is 23.2 Å². The Hall–Kier alpha value is -0.940. The molecule has 0 fully saturated rings. The van der Waals surface area contributed by atoms with Crippen LogP contribution in [0.5, 0.6) is 11.5 Å². The van der Waals surface area contributed by atoms with Crippen molar-refractivity contribution in [2.45, 2.75) is 12.6 Å². The predicted octanol–water partition coefficient (Wildman–Crippen LogP) is 5.25. The van der Waals surface area contributed by atoms with Gasteiger partial charge < -0.3 is 9.47 Å². The zero-order chi connectivity index (χ0) is 13.9. The summed E-state index contributed by atoms with van der Waals surface area (Å²) in [4.78, 5) is 0. The van der Waals surface area contributed by atoms with E-state index in [4.69, 9.17) is 37.4 Å². The van der Waals surface area contributed by atoms with Crippen molar-refractivity contribution in [1.82, 2.24) is 0 Å². The molecule has 2 heterocycles. The quantitative estimate of drug-likeness (QED) is 0.630. The SMILES string of the molecule is Clc1ccc2c(c1)C1Oc3c(Br)cc(Cl)cc3C(O2)O1. The van der Waals surface area contributed by atoms with Crippen molar-refractivity contribution in [2.75, 3.05) is 0 Å². The van der Waals surface area contributed by atoms with Crippen LogP contribution in [0.4, 0.5) is 0 Å². The first kappa shape index (κ1) is 12.8. The average Bonchev–Trinajstić information content (AvgIpc) is 2.41. The Morgan fingerprint density at radius 1 is 0.900 bits per heavy atom. The number of benzene rings is 2. The second-order valence-electron chi connectivity index (χ2n) is 4.52. The van der Waals surface area contributed by atoms with Gasteiger partial charge in [0.1, 0.15) is 11.5 Å². The molecular formula is C14H7BrCl2O3. The molecule has 3 nitrogen and oxygen atoms in total. The summed E-state index contributed by atoms with van der Waals surface area (Å²) in [7, 11) is 0. The molecule has 2 aromatic carbocycles. The molecule has 2 atom stereocenters. The predicted molar refractivity (Wildman–Crippen MR) is 78.4 cm³/mol. The minimum atomic E-state index is -0.535. The fraction of sp³-hybridized carbons (Fsp3) is 0.143. The van der Waals surface area contributed by atoms with Gasteiger partial charge in [0.15, 0.2) is 0 Å². The van der Waals surface area contributed by atoms with E-state index in [0.717, 1.165) is 15.6 Å². The summed E-state index contributed by atoms with van der Waals surface area (Å²) >= 11 is 15.5. The van der Waals surface area contributed by atoms with Crippen molar-refractivity contribution in [2.24, 2.45) is 0 Å². The molecule has 2 aliphatic heterocycles. The largest absolute Gasteiger partial charge is 0.460 e. The fourth-order valence-electron chi connectivity index (χ4n) is 2.35. The third kappa shape index (κ3) is 1.91. The highest BCUT2D eigenvalue weighted by atomic mass is 79.9. The van der Waals surface area contributed by atoms with E-state index in [1.54, 1.807) is 24.3 Å². The molecule has 2 bridgehead atoms. The number of ether oxygens (including phenoxy) is 3. The van der Waals surface area contributed by atoms with E-state index in [-0.39, 0.29) is 0 Å². The average molecular weight is 374 g/mol. The smallest absolute Gasteiger partial charge is 0.234 e. The van der Waals surface area contributed by atoms with Gasteiger partial charge in [-0.05, 0) is 46.3 Å². The third-order valence-corrected chi connectivity index (χ3v) is 4.27. The summed E-state index contributed by atoms with van der Waals surface area (Å²) in [5, 5.41) is 1.20. The second kappa shape index (κ2) is 4.53. The second-order valence-corrected chi connectivity index (χ2v) is 6.25. The Labute approximate surface area is 133 Å². The highest BCUT2D eigenvalue weighted by molar-refractivity contribution is 9.10. The molecule has 2 aromatic rings. The molecule has 0 saturated carbocycles. The summed E-state index contributed by atoms with van der Waals surface area (Å²) in [6.07, 6.45) is -1.07. The van der Waals surface area contributed by atoms with Gasteiger partial charge in [-0.25, -0.2) is 0 Å². The van der Waals surface area contributed by atoms with E-state index < -0.39 is 12.6 Å². The molecule has 102 valence electrons. The Balaban J connectivity index is 1.86. The van der Waals surface area contributed by atoms with E-state index >= 15 is 0 Å². The van der Waals surface area contributed by atoms with Crippen molar-refractivity contribution in [1.29, 1.82) is 0 Å². The van der Waals surface area contributed by atoms with Crippen LogP contribution >= 0.6 is 39.1 Å². The summed E-state index contributed by atoms with van der Waals surface area (Å²) in [6, 6.07) is 8.93. The van der Waals surface area contributed by atoms with Crippen LogP contribution in [0, 0.1) is 0 Å². The van der Waals surface area contributed by atoms with Crippen LogP contribution in [0.25, 0.3) is 0 Å². The molecule has 0 N–H and O–H groups in total. The van der Waals surface area contributed by atoms with Gasteiger partial charge >= 0.3 is 0 Å². The van der Waals surface area contributed by atoms with Gasteiger partial charge in [-0.15, -0.1) is 0 Å². The number of fused-ring (bicyclic) bond motifs is 6. The highest BCUT2D eigenvalue weighted by Gasteiger charge is 2.39. The van der Waals surface area contributed by atoms with E-state index in [9.17, 15) is 0 Å². The summed E-state index contributed by atoms with van der Waals surface area (Å²) < 4.78 is 18.3. The Morgan fingerprint density at radius 2 is 1.65 bits per heavy atom. The topological polar surface area (TPSA) is 27.7 Å². The van der Waals surface area contributed by atoms with Gasteiger partial charge in [0.2, 0.25) is 12.6 Å². The van der Waals surface area contributed by atoms with Crippen LogP contribution in [0.15, 0.2) is 34.8 Å². The molecule has 20 heavy (non-hydrogen) atoms. The first-order valence-electron chi connectivity index (χ1n) is 5.89. The number of halogens is 3. The minimum absolute atomic E-state index is 0.535. The van der Waals surface area contributed by atoms with Gasteiger partial charge in [-0.3, -0.25) is 4.74 Å². The molecule has 0 amide bonds. The van der Waals surface area contributed by atoms with E-state index in [0.29, 0.717) is 21.5 Å². The van der Waals surface area contributed by atoms with Crippen LogP contribution in [0.3, 0.4) is 0 Å². The zero-order valence-electron chi connectivity index (χ0n) is 9.90. The highest BCUT2D eigenvalue weighted by Crippen LogP contribution is 2.50. The molecule has 2 aliphatic rings. The molecular weight excluding hydrogens is 367 g/mol. The van der Waals surface area contributed by atoms with E-state index in [1.165, 1.54) is 0 Å². The molecule has 4 rings (SSSR count). The van der Waals surface area contributed by atoms with Crippen molar-refractivity contribution < 1.29 is 14.2 Å². The lowest BCUT2D eigenvalue weighted by Crippen LogP contribution is -2.30. The molecule has 0 radical (unpaired) electrons. The molecule has 0 aliphatic carbocycles. The van der Waals surface area contributed by atoms with Gasteiger partial charge in [-0.2, -0.15) is 0 Å². The van der Waals surface area contributed by atoms with E-state index in [1.807, 2.05) is 6.07 Å². The number of hydrogen-bond donors (Lipinski definition) is 0. The Morgan fingerprint density at radius 3 is 2.50 bits per heavy atom. The van der Waals surface area contributed by atoms with Crippen molar-refractivity contribution in [3.8, 4) is 11.5 Å². The first-order chi connectivity index (χ1) is 9.61. The van der Waals surface area contributed by atoms with Crippen molar-refractivity contribution >= 4 is 39.1 Å². The summed E-state index contributed by atoms with van der Waals surface area (Å²) in [5.41, 5.74) is 1.54. The Kier molecular flexibility index (Phi) is 2.89. The summed E-state index contributed by atoms with van der Waals surface area (Å²) in [6.45, 7) is 0. The number of hydrogen-bond acceptors (Lipinski definition) is 3. The lowest BCUT2D eigenvalue weighted by molar-refractivity contribution is -0.227. The van der Waals surface area contributed by atoms with Gasteiger partial charge in [0.25, 0.3) is 0 Å². The minimum Gasteiger partial charge on any atom is -0.460 e. The van der Waals surface area contributed by atoms with Crippen LogP contribution in [0.1, 0.15) is 23.7 Å². The standard InChI is InChI=1S/C14H7BrCl2O3/c15-10-5-7(17)4-9-12(10)19-13-8-3-6(16)1-2-11(8)18-14(9)20-13/h1-5,13-14H. The van der Waals surface area contributed by atoms with Crippen molar-refractivity contribution in [3.63, 3.8) is 0 Å². The van der Waals surface area contributed by atoms with Gasteiger partial charge in [0, 0.05) is 10.0 Å². The van der Waals surface area contributed by atoms with Crippen LogP contribution in [-0.4, -0.2) is 0 Å². The van der Waals surface area contributed by atoms with Crippen LogP contribution in [-0.2, 0) is 4.74 Å². The lowest BCUT2D eigenvalue weighted by atomic mass is 10.1. The monoisotopic (exact) mass is 372 g/mol. The molecule has 6 heteroatoms. The van der Waals surface area contributed by atoms with Crippen molar-refractivity contribution in [3.05, 3.63) is 56.0 Å². The Bertz CT molecular complexity index is 720. The third-order valence-electron chi connectivity index (χ3n) is 3.22. The van der Waals surface area contributed by atoms with Crippen LogP contribution in [0.2, 0.25) is 10.0 Å². The molecule has 0 aromatic heterocycles. The maximum absolute atomic E-state index is 6.07. The molecule has 2 unspecified atom stereocenters. The normalized spacial score (nSPS) is 22.4. The molecule has 0 saturated heterocycles. The van der Waals surface area contributed by atoms with Gasteiger partial charge in [0.05, 0.1) is 15.6 Å². The first-order valence-corrected chi connectivity index (χ1v) is 7.44. The summed E-state index contributed by atoms with van der Waals surface area (Å²) in [5.74, 6) is 1.39. The zero-order valence-corrected chi connectivity index (χ0v) is 13.0.